The fourth-order valence-corrected chi connectivity index (χ4v) is 5.94. The molecule has 0 rings (SSSR count). The van der Waals surface area contributed by atoms with Gasteiger partial charge in [0.2, 0.25) is 0 Å². The number of phosphoric ester groups is 1. The van der Waals surface area contributed by atoms with Gasteiger partial charge >= 0.3 is 13.8 Å². The SMILES string of the molecule is CCCCC/C=C\C/C=C\CCCCCCCCOCC(COP(=O)(O)OCC(O)CO)OC(=O)CCCCCCCCCCCCC. The molecule has 284 valence electrons. The zero-order chi connectivity index (χ0) is 35.4. The van der Waals surface area contributed by atoms with Crippen LogP contribution in [-0.2, 0) is 27.9 Å². The van der Waals surface area contributed by atoms with Gasteiger partial charge in [-0.05, 0) is 44.9 Å². The number of carbonyl (C=O) groups is 1. The lowest BCUT2D eigenvalue weighted by molar-refractivity contribution is -0.154. The van der Waals surface area contributed by atoms with E-state index < -0.39 is 33.2 Å². The number of carbonyl (C=O) groups excluding carboxylic acids is 1. The Morgan fingerprint density at radius 2 is 1.12 bits per heavy atom. The van der Waals surface area contributed by atoms with Crippen LogP contribution in [0.25, 0.3) is 0 Å². The van der Waals surface area contributed by atoms with Gasteiger partial charge in [-0.3, -0.25) is 13.8 Å². The van der Waals surface area contributed by atoms with E-state index in [1.165, 1.54) is 96.3 Å². The fourth-order valence-electron chi connectivity index (χ4n) is 5.15. The van der Waals surface area contributed by atoms with Crippen molar-refractivity contribution in [3.05, 3.63) is 24.3 Å². The molecule has 0 aliphatic heterocycles. The molecule has 0 saturated heterocycles. The molecular weight excluding hydrogens is 631 g/mol. The minimum Gasteiger partial charge on any atom is -0.457 e. The standard InChI is InChI=1S/C38H73O9P/c1-3-5-7-9-11-13-15-16-17-18-19-21-23-25-27-29-31-44-34-37(35-46-48(42,43)45-33-36(40)32-39)47-38(41)30-28-26-24-22-20-14-12-10-8-6-4-2/h11,13,16-17,36-37,39-40H,3-10,12,14-15,18-35H2,1-2H3,(H,42,43)/b13-11-,17-16-. The Morgan fingerprint density at radius 3 is 1.71 bits per heavy atom. The van der Waals surface area contributed by atoms with Gasteiger partial charge in [0.25, 0.3) is 0 Å². The predicted octanol–water partition coefficient (Wildman–Crippen LogP) is 9.92. The Morgan fingerprint density at radius 1 is 0.646 bits per heavy atom. The molecule has 3 atom stereocenters. The van der Waals surface area contributed by atoms with Gasteiger partial charge in [0.15, 0.2) is 0 Å². The van der Waals surface area contributed by atoms with Crippen LogP contribution in [0, 0.1) is 0 Å². The van der Waals surface area contributed by atoms with E-state index in [1.807, 2.05) is 0 Å². The Bertz CT molecular complexity index is 805. The summed E-state index contributed by atoms with van der Waals surface area (Å²) in [5.41, 5.74) is 0. The summed E-state index contributed by atoms with van der Waals surface area (Å²) < 4.78 is 33.2. The molecule has 0 radical (unpaired) electrons. The lowest BCUT2D eigenvalue weighted by Gasteiger charge is -2.20. The first-order valence-corrected chi connectivity index (χ1v) is 20.8. The van der Waals surface area contributed by atoms with Crippen molar-refractivity contribution in [2.45, 2.75) is 180 Å². The third-order valence-electron chi connectivity index (χ3n) is 8.14. The molecule has 0 aromatic rings. The van der Waals surface area contributed by atoms with E-state index in [0.29, 0.717) is 6.61 Å². The minimum atomic E-state index is -4.51. The number of esters is 1. The van der Waals surface area contributed by atoms with Gasteiger partial charge in [-0.15, -0.1) is 0 Å². The molecule has 10 heteroatoms. The lowest BCUT2D eigenvalue weighted by atomic mass is 10.1. The van der Waals surface area contributed by atoms with Crippen molar-refractivity contribution in [1.29, 1.82) is 0 Å². The molecule has 0 aliphatic carbocycles. The first-order valence-electron chi connectivity index (χ1n) is 19.3. The number of hydrogen-bond acceptors (Lipinski definition) is 8. The molecule has 0 aliphatic rings. The zero-order valence-corrected chi connectivity index (χ0v) is 31.6. The summed E-state index contributed by atoms with van der Waals surface area (Å²) in [7, 11) is -4.51. The molecule has 0 aromatic heterocycles. The maximum absolute atomic E-state index is 12.5. The molecular formula is C38H73O9P. The van der Waals surface area contributed by atoms with Crippen molar-refractivity contribution >= 4 is 13.8 Å². The molecule has 0 saturated carbocycles. The van der Waals surface area contributed by atoms with E-state index >= 15 is 0 Å². The zero-order valence-electron chi connectivity index (χ0n) is 30.7. The van der Waals surface area contributed by atoms with Crippen LogP contribution in [0.3, 0.4) is 0 Å². The smallest absolute Gasteiger partial charge is 0.457 e. The highest BCUT2D eigenvalue weighted by molar-refractivity contribution is 7.47. The van der Waals surface area contributed by atoms with Crippen LogP contribution in [0.15, 0.2) is 24.3 Å². The molecule has 9 nitrogen and oxygen atoms in total. The number of hydrogen-bond donors (Lipinski definition) is 3. The molecule has 0 heterocycles. The van der Waals surface area contributed by atoms with E-state index in [-0.39, 0.29) is 25.6 Å². The minimum absolute atomic E-state index is 0.0452. The fraction of sp³-hybridized carbons (Fsp3) is 0.868. The van der Waals surface area contributed by atoms with Crippen molar-refractivity contribution in [1.82, 2.24) is 0 Å². The van der Waals surface area contributed by atoms with Crippen molar-refractivity contribution in [2.75, 3.05) is 33.0 Å². The van der Waals surface area contributed by atoms with Gasteiger partial charge < -0.3 is 24.6 Å². The maximum atomic E-state index is 12.5. The van der Waals surface area contributed by atoms with Gasteiger partial charge in [-0.1, -0.05) is 141 Å². The van der Waals surface area contributed by atoms with Crippen molar-refractivity contribution in [3.63, 3.8) is 0 Å². The molecule has 3 unspecified atom stereocenters. The van der Waals surface area contributed by atoms with Gasteiger partial charge in [0.1, 0.15) is 12.2 Å². The van der Waals surface area contributed by atoms with Crippen molar-refractivity contribution in [3.8, 4) is 0 Å². The normalized spacial score (nSPS) is 14.5. The summed E-state index contributed by atoms with van der Waals surface area (Å²) in [6.07, 6.45) is 34.2. The highest BCUT2D eigenvalue weighted by Gasteiger charge is 2.26. The molecule has 48 heavy (non-hydrogen) atoms. The summed E-state index contributed by atoms with van der Waals surface area (Å²) in [6.45, 7) is 3.46. The first kappa shape index (κ1) is 46.9. The van der Waals surface area contributed by atoms with Crippen molar-refractivity contribution in [2.24, 2.45) is 0 Å². The quantitative estimate of drug-likeness (QED) is 0.0250. The highest BCUT2D eigenvalue weighted by atomic mass is 31.2. The van der Waals surface area contributed by atoms with Crippen LogP contribution in [0.4, 0.5) is 0 Å². The second-order valence-corrected chi connectivity index (χ2v) is 14.4. The first-order chi connectivity index (χ1) is 23.3. The number of allylic oxidation sites excluding steroid dienone is 4. The van der Waals surface area contributed by atoms with Gasteiger partial charge in [0, 0.05) is 13.0 Å². The summed E-state index contributed by atoms with van der Waals surface area (Å²) in [5, 5.41) is 18.3. The molecule has 0 fully saturated rings. The average molecular weight is 705 g/mol. The average Bonchev–Trinajstić information content (AvgIpc) is 3.07. The number of rotatable bonds is 37. The molecule has 0 aromatic carbocycles. The van der Waals surface area contributed by atoms with Gasteiger partial charge in [-0.2, -0.15) is 0 Å². The topological polar surface area (TPSA) is 132 Å². The largest absolute Gasteiger partial charge is 0.472 e. The summed E-state index contributed by atoms with van der Waals surface area (Å²) in [4.78, 5) is 22.4. The van der Waals surface area contributed by atoms with Crippen molar-refractivity contribution < 1.29 is 43.0 Å². The van der Waals surface area contributed by atoms with Crippen LogP contribution in [-0.4, -0.2) is 66.3 Å². The lowest BCUT2D eigenvalue weighted by Crippen LogP contribution is -2.29. The summed E-state index contributed by atoms with van der Waals surface area (Å²) >= 11 is 0. The number of unbranched alkanes of at least 4 members (excludes halogenated alkanes) is 19. The monoisotopic (exact) mass is 704 g/mol. The molecule has 0 bridgehead atoms. The van der Waals surface area contributed by atoms with Crippen LogP contribution in [0.5, 0.6) is 0 Å². The molecule has 0 spiro atoms. The second kappa shape index (κ2) is 35.8. The Balaban J connectivity index is 4.22. The van der Waals surface area contributed by atoms with Gasteiger partial charge in [-0.25, -0.2) is 4.57 Å². The molecule has 0 amide bonds. The Hall–Kier alpha value is -1.06. The van der Waals surface area contributed by atoms with E-state index in [9.17, 15) is 19.4 Å². The van der Waals surface area contributed by atoms with E-state index in [4.69, 9.17) is 23.6 Å². The van der Waals surface area contributed by atoms with Gasteiger partial charge in [0.05, 0.1) is 26.4 Å². The number of phosphoric acid groups is 1. The Labute approximate surface area is 293 Å². The number of aliphatic hydroxyl groups is 2. The van der Waals surface area contributed by atoms with E-state index in [1.54, 1.807) is 0 Å². The van der Waals surface area contributed by atoms with E-state index in [2.05, 4.69) is 38.2 Å². The van der Waals surface area contributed by atoms with E-state index in [0.717, 1.165) is 51.4 Å². The third-order valence-corrected chi connectivity index (χ3v) is 9.09. The van der Waals surface area contributed by atoms with Crippen LogP contribution < -0.4 is 0 Å². The number of ether oxygens (including phenoxy) is 2. The number of aliphatic hydroxyl groups excluding tert-OH is 2. The van der Waals surface area contributed by atoms with Crippen LogP contribution >= 0.6 is 7.82 Å². The Kier molecular flexibility index (Phi) is 35.0. The maximum Gasteiger partial charge on any atom is 0.472 e. The van der Waals surface area contributed by atoms with Crippen LogP contribution in [0.2, 0.25) is 0 Å². The summed E-state index contributed by atoms with van der Waals surface area (Å²) in [6, 6.07) is 0. The summed E-state index contributed by atoms with van der Waals surface area (Å²) in [5.74, 6) is -0.388. The highest BCUT2D eigenvalue weighted by Crippen LogP contribution is 2.43. The second-order valence-electron chi connectivity index (χ2n) is 13.0. The predicted molar refractivity (Wildman–Crippen MR) is 196 cm³/mol. The molecule has 3 N–H and O–H groups in total. The van der Waals surface area contributed by atoms with Crippen LogP contribution in [0.1, 0.15) is 168 Å². The third kappa shape index (κ3) is 34.8.